The Morgan fingerprint density at radius 3 is 2.58 bits per heavy atom. The molecule has 3 aliphatic heterocycles. The van der Waals surface area contributed by atoms with Crippen molar-refractivity contribution in [3.8, 4) is 0 Å². The van der Waals surface area contributed by atoms with Gasteiger partial charge >= 0.3 is 6.09 Å². The van der Waals surface area contributed by atoms with E-state index in [1.54, 1.807) is 0 Å². The zero-order valence-electron chi connectivity index (χ0n) is 16.1. The molecular formula is C20H33N3O3. The average molecular weight is 364 g/mol. The van der Waals surface area contributed by atoms with E-state index < -0.39 is 0 Å². The molecule has 3 heterocycles. The van der Waals surface area contributed by atoms with Crippen molar-refractivity contribution in [1.82, 2.24) is 14.7 Å². The minimum atomic E-state index is -0.179. The fourth-order valence-corrected chi connectivity index (χ4v) is 5.16. The van der Waals surface area contributed by atoms with Gasteiger partial charge in [-0.1, -0.05) is 0 Å². The maximum Gasteiger partial charge on any atom is 0.409 e. The summed E-state index contributed by atoms with van der Waals surface area (Å²) in [4.78, 5) is 31.6. The molecule has 1 aliphatic carbocycles. The van der Waals surface area contributed by atoms with Crippen molar-refractivity contribution < 1.29 is 14.3 Å². The van der Waals surface area contributed by atoms with E-state index >= 15 is 0 Å². The van der Waals surface area contributed by atoms with Gasteiger partial charge in [0.25, 0.3) is 0 Å². The Morgan fingerprint density at radius 2 is 1.88 bits per heavy atom. The van der Waals surface area contributed by atoms with Crippen molar-refractivity contribution in [2.45, 2.75) is 57.9 Å². The molecule has 0 aromatic rings. The SMILES string of the molecule is CCOC(=O)N1CCC(N2CC[C@]3(CCCN(CC4CC4)C3=O)C2)CC1. The Labute approximate surface area is 156 Å². The van der Waals surface area contributed by atoms with E-state index in [-0.39, 0.29) is 11.5 Å². The first-order chi connectivity index (χ1) is 12.6. The molecule has 4 aliphatic rings. The zero-order valence-corrected chi connectivity index (χ0v) is 16.1. The van der Waals surface area contributed by atoms with Gasteiger partial charge in [0.05, 0.1) is 12.0 Å². The zero-order chi connectivity index (χ0) is 18.1. The highest BCUT2D eigenvalue weighted by Gasteiger charge is 2.50. The van der Waals surface area contributed by atoms with E-state index in [1.807, 2.05) is 11.8 Å². The number of piperidine rings is 2. The van der Waals surface area contributed by atoms with Gasteiger partial charge < -0.3 is 14.5 Å². The molecule has 146 valence electrons. The van der Waals surface area contributed by atoms with Crippen LogP contribution in [0.3, 0.4) is 0 Å². The summed E-state index contributed by atoms with van der Waals surface area (Å²) in [6, 6.07) is 0.506. The van der Waals surface area contributed by atoms with Crippen LogP contribution in [0.1, 0.15) is 51.9 Å². The number of hydrogen-bond donors (Lipinski definition) is 0. The predicted octanol–water partition coefficient (Wildman–Crippen LogP) is 2.33. The summed E-state index contributed by atoms with van der Waals surface area (Å²) < 4.78 is 5.12. The van der Waals surface area contributed by atoms with E-state index in [4.69, 9.17) is 4.74 Å². The summed E-state index contributed by atoms with van der Waals surface area (Å²) in [6.45, 7) is 7.76. The fraction of sp³-hybridized carbons (Fsp3) is 0.900. The van der Waals surface area contributed by atoms with Gasteiger partial charge in [-0.05, 0) is 64.3 Å². The Bertz CT molecular complexity index is 542. The molecule has 0 unspecified atom stereocenters. The Hall–Kier alpha value is -1.30. The maximum absolute atomic E-state index is 13.2. The second kappa shape index (κ2) is 7.37. The minimum Gasteiger partial charge on any atom is -0.450 e. The summed E-state index contributed by atoms with van der Waals surface area (Å²) in [5, 5.41) is 0. The molecule has 6 heteroatoms. The van der Waals surface area contributed by atoms with Gasteiger partial charge in [-0.25, -0.2) is 4.79 Å². The van der Waals surface area contributed by atoms with Crippen molar-refractivity contribution in [2.75, 3.05) is 45.9 Å². The lowest BCUT2D eigenvalue weighted by Crippen LogP contribution is -2.52. The van der Waals surface area contributed by atoms with Crippen molar-refractivity contribution in [1.29, 1.82) is 0 Å². The molecule has 0 aromatic carbocycles. The number of carbonyl (C=O) groups is 2. The summed E-state index contributed by atoms with van der Waals surface area (Å²) >= 11 is 0. The number of carbonyl (C=O) groups excluding carboxylic acids is 2. The third kappa shape index (κ3) is 3.57. The normalized spacial score (nSPS) is 31.0. The molecular weight excluding hydrogens is 330 g/mol. The van der Waals surface area contributed by atoms with E-state index in [9.17, 15) is 9.59 Å². The molecule has 0 bridgehead atoms. The lowest BCUT2D eigenvalue weighted by atomic mass is 9.78. The Balaban J connectivity index is 1.32. The molecule has 3 saturated heterocycles. The molecule has 1 saturated carbocycles. The molecule has 1 atom stereocenters. The third-order valence-electron chi connectivity index (χ3n) is 6.89. The van der Waals surface area contributed by atoms with Crippen LogP contribution in [0.15, 0.2) is 0 Å². The summed E-state index contributed by atoms with van der Waals surface area (Å²) in [6.07, 6.45) is 7.67. The first-order valence-corrected chi connectivity index (χ1v) is 10.6. The van der Waals surface area contributed by atoms with E-state index in [2.05, 4.69) is 9.80 Å². The fourth-order valence-electron chi connectivity index (χ4n) is 5.16. The van der Waals surface area contributed by atoms with Crippen molar-refractivity contribution in [3.05, 3.63) is 0 Å². The van der Waals surface area contributed by atoms with Crippen LogP contribution < -0.4 is 0 Å². The van der Waals surface area contributed by atoms with Crippen LogP contribution in [-0.2, 0) is 9.53 Å². The van der Waals surface area contributed by atoms with Gasteiger partial charge in [0, 0.05) is 38.8 Å². The van der Waals surface area contributed by atoms with Crippen molar-refractivity contribution in [2.24, 2.45) is 11.3 Å². The number of likely N-dealkylation sites (tertiary alicyclic amines) is 3. The second-order valence-electron chi connectivity index (χ2n) is 8.72. The highest BCUT2D eigenvalue weighted by molar-refractivity contribution is 5.84. The number of nitrogens with zero attached hydrogens (tertiary/aromatic N) is 3. The Morgan fingerprint density at radius 1 is 1.12 bits per heavy atom. The highest BCUT2D eigenvalue weighted by Crippen LogP contribution is 2.43. The van der Waals surface area contributed by atoms with E-state index in [1.165, 1.54) is 12.8 Å². The molecule has 0 N–H and O–H groups in total. The standard InChI is InChI=1S/C20H33N3O3/c1-2-26-19(25)21-11-6-17(7-12-21)23-13-9-20(15-23)8-3-10-22(18(20)24)14-16-4-5-16/h16-17H,2-15H2,1H3/t20-/m1/s1. The summed E-state index contributed by atoms with van der Waals surface area (Å²) in [5.74, 6) is 1.21. The smallest absolute Gasteiger partial charge is 0.409 e. The lowest BCUT2D eigenvalue weighted by Gasteiger charge is -2.41. The summed E-state index contributed by atoms with van der Waals surface area (Å²) in [7, 11) is 0. The van der Waals surface area contributed by atoms with Crippen LogP contribution in [0.4, 0.5) is 4.79 Å². The molecule has 2 amide bonds. The third-order valence-corrected chi connectivity index (χ3v) is 6.89. The first-order valence-electron chi connectivity index (χ1n) is 10.6. The average Bonchev–Trinajstić information content (AvgIpc) is 3.37. The van der Waals surface area contributed by atoms with E-state index in [0.29, 0.717) is 18.6 Å². The van der Waals surface area contributed by atoms with Gasteiger partial charge in [0.2, 0.25) is 5.91 Å². The first kappa shape index (κ1) is 18.1. The molecule has 4 fully saturated rings. The van der Waals surface area contributed by atoms with Crippen LogP contribution in [0.2, 0.25) is 0 Å². The predicted molar refractivity (Wildman–Crippen MR) is 98.8 cm³/mol. The van der Waals surface area contributed by atoms with Gasteiger partial charge in [0.15, 0.2) is 0 Å². The molecule has 6 nitrogen and oxygen atoms in total. The molecule has 0 aromatic heterocycles. The van der Waals surface area contributed by atoms with Crippen LogP contribution in [-0.4, -0.2) is 78.6 Å². The van der Waals surface area contributed by atoms with Crippen molar-refractivity contribution in [3.63, 3.8) is 0 Å². The van der Waals surface area contributed by atoms with Crippen LogP contribution >= 0.6 is 0 Å². The number of ether oxygens (including phenoxy) is 1. The quantitative estimate of drug-likeness (QED) is 0.769. The van der Waals surface area contributed by atoms with Gasteiger partial charge in [-0.15, -0.1) is 0 Å². The van der Waals surface area contributed by atoms with Crippen LogP contribution in [0.25, 0.3) is 0 Å². The summed E-state index contributed by atoms with van der Waals surface area (Å²) in [5.41, 5.74) is -0.120. The Kier molecular flexibility index (Phi) is 5.13. The highest BCUT2D eigenvalue weighted by atomic mass is 16.6. The number of amides is 2. The topological polar surface area (TPSA) is 53.1 Å². The van der Waals surface area contributed by atoms with Gasteiger partial charge in [-0.2, -0.15) is 0 Å². The maximum atomic E-state index is 13.2. The largest absolute Gasteiger partial charge is 0.450 e. The number of hydrogen-bond acceptors (Lipinski definition) is 4. The van der Waals surface area contributed by atoms with E-state index in [0.717, 1.165) is 77.3 Å². The molecule has 1 spiro atoms. The molecule has 0 radical (unpaired) electrons. The second-order valence-corrected chi connectivity index (χ2v) is 8.72. The van der Waals surface area contributed by atoms with Gasteiger partial charge in [0.1, 0.15) is 0 Å². The number of rotatable bonds is 4. The lowest BCUT2D eigenvalue weighted by molar-refractivity contribution is -0.146. The molecule has 4 rings (SSSR count). The minimum absolute atomic E-state index is 0.120. The van der Waals surface area contributed by atoms with Crippen LogP contribution in [0, 0.1) is 11.3 Å². The monoisotopic (exact) mass is 363 g/mol. The van der Waals surface area contributed by atoms with Crippen LogP contribution in [0.5, 0.6) is 0 Å². The molecule has 26 heavy (non-hydrogen) atoms. The van der Waals surface area contributed by atoms with Gasteiger partial charge in [-0.3, -0.25) is 9.69 Å². The van der Waals surface area contributed by atoms with Crippen molar-refractivity contribution >= 4 is 12.0 Å².